The highest BCUT2D eigenvalue weighted by atomic mass is 16.3. The van der Waals surface area contributed by atoms with Crippen molar-refractivity contribution in [3.63, 3.8) is 0 Å². The minimum atomic E-state index is -0.486. The summed E-state index contributed by atoms with van der Waals surface area (Å²) >= 11 is 0. The Morgan fingerprint density at radius 2 is 2.27 bits per heavy atom. The van der Waals surface area contributed by atoms with E-state index in [0.717, 1.165) is 5.69 Å². The first-order valence-corrected chi connectivity index (χ1v) is 7.20. The van der Waals surface area contributed by atoms with Gasteiger partial charge in [-0.3, -0.25) is 9.59 Å². The van der Waals surface area contributed by atoms with Crippen molar-refractivity contribution in [1.82, 2.24) is 9.88 Å². The summed E-state index contributed by atoms with van der Waals surface area (Å²) in [6.07, 6.45) is 2.44. The molecule has 0 aromatic carbocycles. The van der Waals surface area contributed by atoms with Gasteiger partial charge in [-0.1, -0.05) is 6.07 Å². The molecule has 0 saturated carbocycles. The van der Waals surface area contributed by atoms with Crippen LogP contribution in [0.25, 0.3) is 0 Å². The van der Waals surface area contributed by atoms with Gasteiger partial charge in [0, 0.05) is 12.1 Å². The van der Waals surface area contributed by atoms with Gasteiger partial charge in [0.05, 0.1) is 12.8 Å². The summed E-state index contributed by atoms with van der Waals surface area (Å²) in [5.74, 6) is 0.924. The Morgan fingerprint density at radius 3 is 3.00 bits per heavy atom. The molecule has 0 spiro atoms. The van der Waals surface area contributed by atoms with Gasteiger partial charge in [0.2, 0.25) is 11.8 Å². The molecule has 2 aromatic rings. The zero-order valence-electron chi connectivity index (χ0n) is 12.3. The molecule has 22 heavy (non-hydrogen) atoms. The van der Waals surface area contributed by atoms with Crippen LogP contribution in [0.3, 0.4) is 0 Å². The highest BCUT2D eigenvalue weighted by molar-refractivity contribution is 5.98. The van der Waals surface area contributed by atoms with Crippen molar-refractivity contribution >= 4 is 17.6 Å². The first-order valence-electron chi connectivity index (χ1n) is 7.20. The van der Waals surface area contributed by atoms with Crippen molar-refractivity contribution in [2.75, 3.05) is 5.32 Å². The molecule has 1 N–H and O–H groups in total. The summed E-state index contributed by atoms with van der Waals surface area (Å²) in [6, 6.07) is 8.50. The number of aromatic nitrogens is 1. The molecule has 1 saturated heterocycles. The van der Waals surface area contributed by atoms with Crippen molar-refractivity contribution in [3.05, 3.63) is 48.0 Å². The number of hydrogen-bond donors (Lipinski definition) is 1. The molecular formula is C16H17N3O3. The van der Waals surface area contributed by atoms with Gasteiger partial charge in [-0.15, -0.1) is 0 Å². The topological polar surface area (TPSA) is 75.4 Å². The van der Waals surface area contributed by atoms with Crippen LogP contribution in [0.4, 0.5) is 5.82 Å². The molecule has 0 radical (unpaired) electrons. The maximum atomic E-state index is 12.4. The molecular weight excluding hydrogens is 282 g/mol. The van der Waals surface area contributed by atoms with Crippen LogP contribution < -0.4 is 5.32 Å². The number of nitrogens with one attached hydrogen (secondary N) is 1. The molecule has 114 valence electrons. The first-order chi connectivity index (χ1) is 10.6. The SMILES string of the molecule is Cc1cccc(NC(=O)C2CCC(=O)N2Cc2ccco2)n1. The molecule has 6 heteroatoms. The quantitative estimate of drug-likeness (QED) is 0.938. The monoisotopic (exact) mass is 299 g/mol. The fourth-order valence-corrected chi connectivity index (χ4v) is 2.60. The minimum absolute atomic E-state index is 0.0336. The standard InChI is InChI=1S/C16H17N3O3/c1-11-4-2-6-14(17-11)18-16(21)13-7-8-15(20)19(13)10-12-5-3-9-22-12/h2-6,9,13H,7-8,10H2,1H3,(H,17,18,21). The molecule has 0 aliphatic carbocycles. The normalized spacial score (nSPS) is 17.8. The van der Waals surface area contributed by atoms with Gasteiger partial charge in [0.15, 0.2) is 0 Å². The maximum Gasteiger partial charge on any atom is 0.248 e. The van der Waals surface area contributed by atoms with Crippen molar-refractivity contribution < 1.29 is 14.0 Å². The number of amides is 2. The number of carbonyl (C=O) groups excluding carboxylic acids is 2. The van der Waals surface area contributed by atoms with Gasteiger partial charge in [-0.2, -0.15) is 0 Å². The molecule has 3 rings (SSSR count). The number of pyridine rings is 1. The summed E-state index contributed by atoms with van der Waals surface area (Å²) in [5, 5.41) is 2.78. The largest absolute Gasteiger partial charge is 0.467 e. The van der Waals surface area contributed by atoms with E-state index < -0.39 is 6.04 Å². The summed E-state index contributed by atoms with van der Waals surface area (Å²) in [4.78, 5) is 30.3. The van der Waals surface area contributed by atoms with Crippen LogP contribution in [0.2, 0.25) is 0 Å². The molecule has 2 amide bonds. The molecule has 1 unspecified atom stereocenters. The zero-order valence-corrected chi connectivity index (χ0v) is 12.3. The number of rotatable bonds is 4. The molecule has 2 aromatic heterocycles. The minimum Gasteiger partial charge on any atom is -0.467 e. The predicted molar refractivity (Wildman–Crippen MR) is 79.9 cm³/mol. The lowest BCUT2D eigenvalue weighted by Gasteiger charge is -2.22. The van der Waals surface area contributed by atoms with Crippen LogP contribution in [0.15, 0.2) is 41.0 Å². The number of aryl methyl sites for hydroxylation is 1. The Hall–Kier alpha value is -2.63. The highest BCUT2D eigenvalue weighted by Crippen LogP contribution is 2.23. The van der Waals surface area contributed by atoms with Crippen LogP contribution in [0.5, 0.6) is 0 Å². The molecule has 6 nitrogen and oxygen atoms in total. The van der Waals surface area contributed by atoms with Crippen molar-refractivity contribution in [2.45, 2.75) is 32.4 Å². The molecule has 1 fully saturated rings. The molecule has 1 atom stereocenters. The van der Waals surface area contributed by atoms with Crippen LogP contribution in [0, 0.1) is 6.92 Å². The fourth-order valence-electron chi connectivity index (χ4n) is 2.60. The van der Waals surface area contributed by atoms with Crippen molar-refractivity contribution in [2.24, 2.45) is 0 Å². The third-order valence-corrected chi connectivity index (χ3v) is 3.68. The molecule has 1 aliphatic heterocycles. The van der Waals surface area contributed by atoms with E-state index in [1.807, 2.05) is 19.1 Å². The van der Waals surface area contributed by atoms with E-state index >= 15 is 0 Å². The van der Waals surface area contributed by atoms with Crippen molar-refractivity contribution in [1.29, 1.82) is 0 Å². The number of furan rings is 1. The third kappa shape index (κ3) is 3.00. The van der Waals surface area contributed by atoms with E-state index in [2.05, 4.69) is 10.3 Å². The second-order valence-corrected chi connectivity index (χ2v) is 5.31. The Morgan fingerprint density at radius 1 is 1.41 bits per heavy atom. The zero-order chi connectivity index (χ0) is 15.5. The van der Waals surface area contributed by atoms with E-state index in [1.54, 1.807) is 29.4 Å². The molecule has 0 bridgehead atoms. The van der Waals surface area contributed by atoms with Gasteiger partial charge < -0.3 is 14.6 Å². The summed E-state index contributed by atoms with van der Waals surface area (Å²) in [7, 11) is 0. The van der Waals surface area contributed by atoms with Crippen LogP contribution >= 0.6 is 0 Å². The highest BCUT2D eigenvalue weighted by Gasteiger charge is 2.36. The summed E-state index contributed by atoms with van der Waals surface area (Å²) in [5.41, 5.74) is 0.827. The lowest BCUT2D eigenvalue weighted by molar-refractivity contribution is -0.134. The number of nitrogens with zero attached hydrogens (tertiary/aromatic N) is 2. The molecule has 3 heterocycles. The van der Waals surface area contributed by atoms with E-state index in [1.165, 1.54) is 0 Å². The van der Waals surface area contributed by atoms with Gasteiger partial charge >= 0.3 is 0 Å². The van der Waals surface area contributed by atoms with Crippen LogP contribution in [-0.4, -0.2) is 27.7 Å². The van der Waals surface area contributed by atoms with Crippen LogP contribution in [-0.2, 0) is 16.1 Å². The fraction of sp³-hybridized carbons (Fsp3) is 0.312. The first kappa shape index (κ1) is 14.3. The Labute approximate surface area is 128 Å². The van der Waals surface area contributed by atoms with E-state index in [-0.39, 0.29) is 11.8 Å². The smallest absolute Gasteiger partial charge is 0.248 e. The number of anilines is 1. The number of hydrogen-bond acceptors (Lipinski definition) is 4. The second-order valence-electron chi connectivity index (χ2n) is 5.31. The van der Waals surface area contributed by atoms with E-state index in [0.29, 0.717) is 31.0 Å². The maximum absolute atomic E-state index is 12.4. The predicted octanol–water partition coefficient (Wildman–Crippen LogP) is 2.11. The average Bonchev–Trinajstić information content (AvgIpc) is 3.10. The average molecular weight is 299 g/mol. The van der Waals surface area contributed by atoms with Gasteiger partial charge in [0.25, 0.3) is 0 Å². The summed E-state index contributed by atoms with van der Waals surface area (Å²) < 4.78 is 5.27. The lowest BCUT2D eigenvalue weighted by atomic mass is 10.2. The third-order valence-electron chi connectivity index (χ3n) is 3.68. The lowest BCUT2D eigenvalue weighted by Crippen LogP contribution is -2.41. The number of likely N-dealkylation sites (tertiary alicyclic amines) is 1. The van der Waals surface area contributed by atoms with Gasteiger partial charge in [-0.05, 0) is 37.6 Å². The Balaban J connectivity index is 1.71. The van der Waals surface area contributed by atoms with Gasteiger partial charge in [-0.25, -0.2) is 4.98 Å². The van der Waals surface area contributed by atoms with Crippen LogP contribution in [0.1, 0.15) is 24.3 Å². The van der Waals surface area contributed by atoms with E-state index in [4.69, 9.17) is 4.42 Å². The number of carbonyl (C=O) groups is 2. The summed E-state index contributed by atoms with van der Waals surface area (Å²) in [6.45, 7) is 2.17. The Bertz CT molecular complexity index is 682. The van der Waals surface area contributed by atoms with Gasteiger partial charge in [0.1, 0.15) is 17.6 Å². The van der Waals surface area contributed by atoms with Crippen molar-refractivity contribution in [3.8, 4) is 0 Å². The Kier molecular flexibility index (Phi) is 3.91. The molecule has 1 aliphatic rings. The van der Waals surface area contributed by atoms with E-state index in [9.17, 15) is 9.59 Å². The second kappa shape index (κ2) is 6.01.